The predicted octanol–water partition coefficient (Wildman–Crippen LogP) is 4.79. The highest BCUT2D eigenvalue weighted by atomic mass is 16.5. The van der Waals surface area contributed by atoms with Crippen molar-refractivity contribution in [3.8, 4) is 28.7 Å². The van der Waals surface area contributed by atoms with Crippen LogP contribution < -0.4 is 23.7 Å². The van der Waals surface area contributed by atoms with Gasteiger partial charge in [-0.1, -0.05) is 30.3 Å². The first-order valence-electron chi connectivity index (χ1n) is 10.6. The normalized spacial score (nSPS) is 13.3. The topological polar surface area (TPSA) is 80.3 Å². The molecular formula is C27H24O7. The first kappa shape index (κ1) is 22.9. The Balaban J connectivity index is 1.60. The molecule has 7 heteroatoms. The molecule has 174 valence electrons. The summed E-state index contributed by atoms with van der Waals surface area (Å²) < 4.78 is 27.6. The second-order valence-electron chi connectivity index (χ2n) is 7.59. The van der Waals surface area contributed by atoms with Gasteiger partial charge in [0.2, 0.25) is 5.78 Å². The van der Waals surface area contributed by atoms with Gasteiger partial charge in [0.15, 0.2) is 17.3 Å². The van der Waals surface area contributed by atoms with Crippen LogP contribution in [0.15, 0.2) is 60.4 Å². The summed E-state index contributed by atoms with van der Waals surface area (Å²) in [6.07, 6.45) is 1.73. The Labute approximate surface area is 197 Å². The number of carbonyl (C=O) groups is 2. The van der Waals surface area contributed by atoms with E-state index in [-0.39, 0.29) is 18.0 Å². The van der Waals surface area contributed by atoms with Crippen molar-refractivity contribution in [3.63, 3.8) is 0 Å². The molecule has 0 aliphatic carbocycles. The monoisotopic (exact) mass is 460 g/mol. The van der Waals surface area contributed by atoms with Crippen LogP contribution in [0.2, 0.25) is 0 Å². The third-order valence-corrected chi connectivity index (χ3v) is 5.47. The third-order valence-electron chi connectivity index (χ3n) is 5.47. The number of hydrogen-bond donors (Lipinski definition) is 0. The molecule has 0 bridgehead atoms. The summed E-state index contributed by atoms with van der Waals surface area (Å²) in [6, 6.07) is 15.9. The lowest BCUT2D eigenvalue weighted by atomic mass is 10.1. The molecule has 0 radical (unpaired) electrons. The van der Waals surface area contributed by atoms with Crippen molar-refractivity contribution in [1.29, 1.82) is 0 Å². The molecule has 0 N–H and O–H groups in total. The van der Waals surface area contributed by atoms with E-state index >= 15 is 0 Å². The molecule has 0 fully saturated rings. The lowest BCUT2D eigenvalue weighted by molar-refractivity contribution is -0.133. The maximum absolute atomic E-state index is 13.0. The number of allylic oxidation sites excluding steroid dienone is 1. The van der Waals surface area contributed by atoms with E-state index in [1.54, 1.807) is 37.3 Å². The maximum atomic E-state index is 13.0. The van der Waals surface area contributed by atoms with Crippen LogP contribution in [0.4, 0.5) is 0 Å². The fourth-order valence-electron chi connectivity index (χ4n) is 3.71. The number of benzene rings is 3. The predicted molar refractivity (Wildman–Crippen MR) is 126 cm³/mol. The summed E-state index contributed by atoms with van der Waals surface area (Å²) in [7, 11) is 4.58. The summed E-state index contributed by atoms with van der Waals surface area (Å²) in [5.74, 6) is 1.63. The number of ether oxygens (including phenoxy) is 5. The number of esters is 1. The van der Waals surface area contributed by atoms with Crippen LogP contribution in [0, 0.1) is 6.92 Å². The molecule has 0 saturated heterocycles. The van der Waals surface area contributed by atoms with Gasteiger partial charge in [-0.2, -0.15) is 0 Å². The second kappa shape index (κ2) is 9.70. The summed E-state index contributed by atoms with van der Waals surface area (Å²) >= 11 is 0. The molecule has 0 aromatic heterocycles. The van der Waals surface area contributed by atoms with Gasteiger partial charge in [0, 0.05) is 17.2 Å². The van der Waals surface area contributed by atoms with Crippen LogP contribution in [-0.4, -0.2) is 33.1 Å². The summed E-state index contributed by atoms with van der Waals surface area (Å²) in [5.41, 5.74) is 2.40. The molecule has 0 saturated carbocycles. The summed E-state index contributed by atoms with van der Waals surface area (Å²) in [6.45, 7) is 1.75. The van der Waals surface area contributed by atoms with E-state index in [4.69, 9.17) is 23.7 Å². The zero-order valence-corrected chi connectivity index (χ0v) is 19.3. The number of carbonyl (C=O) groups excluding carboxylic acids is 2. The minimum atomic E-state index is -0.399. The Bertz CT molecular complexity index is 1280. The Morgan fingerprint density at radius 3 is 2.24 bits per heavy atom. The zero-order valence-electron chi connectivity index (χ0n) is 19.3. The average Bonchev–Trinajstić information content (AvgIpc) is 3.17. The highest BCUT2D eigenvalue weighted by Crippen LogP contribution is 2.41. The van der Waals surface area contributed by atoms with Gasteiger partial charge in [0.05, 0.1) is 33.3 Å². The first-order chi connectivity index (χ1) is 16.4. The molecule has 1 heterocycles. The number of methoxy groups -OCH3 is 3. The van der Waals surface area contributed by atoms with Gasteiger partial charge < -0.3 is 23.7 Å². The lowest BCUT2D eigenvalue weighted by Crippen LogP contribution is -2.12. The molecule has 0 unspecified atom stereocenters. The Kier molecular flexibility index (Phi) is 6.54. The Morgan fingerprint density at radius 1 is 0.882 bits per heavy atom. The molecule has 3 aromatic rings. The second-order valence-corrected chi connectivity index (χ2v) is 7.59. The van der Waals surface area contributed by atoms with Crippen molar-refractivity contribution < 1.29 is 33.3 Å². The van der Waals surface area contributed by atoms with Gasteiger partial charge in [0.25, 0.3) is 0 Å². The van der Waals surface area contributed by atoms with Crippen LogP contribution >= 0.6 is 0 Å². The van der Waals surface area contributed by atoms with Gasteiger partial charge in [-0.05, 0) is 36.8 Å². The Morgan fingerprint density at radius 2 is 1.56 bits per heavy atom. The van der Waals surface area contributed by atoms with E-state index in [1.165, 1.54) is 21.3 Å². The average molecular weight is 460 g/mol. The number of rotatable bonds is 7. The van der Waals surface area contributed by atoms with Gasteiger partial charge in [-0.15, -0.1) is 0 Å². The Hall–Kier alpha value is -4.26. The molecule has 7 nitrogen and oxygen atoms in total. The van der Waals surface area contributed by atoms with Crippen LogP contribution in [-0.2, 0) is 11.2 Å². The van der Waals surface area contributed by atoms with Crippen LogP contribution in [0.25, 0.3) is 6.08 Å². The van der Waals surface area contributed by atoms with Gasteiger partial charge >= 0.3 is 5.97 Å². The zero-order chi connectivity index (χ0) is 24.2. The van der Waals surface area contributed by atoms with Gasteiger partial charge in [-0.25, -0.2) is 0 Å². The minimum absolute atomic E-state index is 0.122. The highest BCUT2D eigenvalue weighted by Gasteiger charge is 2.31. The molecule has 3 aromatic carbocycles. The standard InChI is InChI=1S/C27H24O7/c1-16-20(33-25(28)12-17-8-6-5-7-9-17)11-10-19-26(29)24(34-27(16)19)14-18-13-22(31-3)23(32-4)15-21(18)30-2/h5-11,13-15H,12H2,1-4H3/b24-14-. The molecule has 34 heavy (non-hydrogen) atoms. The third kappa shape index (κ3) is 4.45. The largest absolute Gasteiger partial charge is 0.496 e. The van der Waals surface area contributed by atoms with Gasteiger partial charge in [0.1, 0.15) is 17.2 Å². The number of Topliss-reactive ketones (excluding diaryl/α,β-unsaturated/α-hetero) is 1. The lowest BCUT2D eigenvalue weighted by Gasteiger charge is -2.12. The van der Waals surface area contributed by atoms with Crippen LogP contribution in [0.1, 0.15) is 27.0 Å². The van der Waals surface area contributed by atoms with E-state index in [0.29, 0.717) is 45.4 Å². The fraction of sp³-hybridized carbons (Fsp3) is 0.185. The van der Waals surface area contributed by atoms with Crippen molar-refractivity contribution in [1.82, 2.24) is 0 Å². The summed E-state index contributed by atoms with van der Waals surface area (Å²) in [4.78, 5) is 25.4. The molecule has 0 atom stereocenters. The molecule has 1 aliphatic heterocycles. The van der Waals surface area contributed by atoms with Crippen molar-refractivity contribution in [2.45, 2.75) is 13.3 Å². The minimum Gasteiger partial charge on any atom is -0.496 e. The number of fused-ring (bicyclic) bond motifs is 1. The van der Waals surface area contributed by atoms with Crippen LogP contribution in [0.5, 0.6) is 28.7 Å². The van der Waals surface area contributed by atoms with Crippen molar-refractivity contribution in [3.05, 3.63) is 82.6 Å². The smallest absolute Gasteiger partial charge is 0.315 e. The van der Waals surface area contributed by atoms with Crippen molar-refractivity contribution in [2.24, 2.45) is 0 Å². The molecule has 1 aliphatic rings. The number of ketones is 1. The van der Waals surface area contributed by atoms with E-state index < -0.39 is 5.97 Å². The SMILES string of the molecule is COc1cc(OC)c(OC)cc1/C=C1\Oc2c(ccc(OC(=O)Cc3ccccc3)c2C)C1=O. The molecule has 0 amide bonds. The molecule has 0 spiro atoms. The van der Waals surface area contributed by atoms with E-state index in [0.717, 1.165) is 5.56 Å². The van der Waals surface area contributed by atoms with Crippen molar-refractivity contribution in [2.75, 3.05) is 21.3 Å². The van der Waals surface area contributed by atoms with E-state index in [9.17, 15) is 9.59 Å². The van der Waals surface area contributed by atoms with Crippen LogP contribution in [0.3, 0.4) is 0 Å². The highest BCUT2D eigenvalue weighted by molar-refractivity contribution is 6.15. The van der Waals surface area contributed by atoms with Crippen molar-refractivity contribution >= 4 is 17.8 Å². The molecule has 4 rings (SSSR count). The quantitative estimate of drug-likeness (QED) is 0.285. The molecular weight excluding hydrogens is 436 g/mol. The number of hydrogen-bond acceptors (Lipinski definition) is 7. The first-order valence-corrected chi connectivity index (χ1v) is 10.6. The van der Waals surface area contributed by atoms with E-state index in [1.807, 2.05) is 30.3 Å². The fourth-order valence-corrected chi connectivity index (χ4v) is 3.71. The van der Waals surface area contributed by atoms with Gasteiger partial charge in [-0.3, -0.25) is 9.59 Å². The van der Waals surface area contributed by atoms with E-state index in [2.05, 4.69) is 0 Å². The maximum Gasteiger partial charge on any atom is 0.315 e. The summed E-state index contributed by atoms with van der Waals surface area (Å²) in [5, 5.41) is 0.